The fourth-order valence-corrected chi connectivity index (χ4v) is 2.12. The minimum atomic E-state index is 0.503. The molecule has 0 aliphatic heterocycles. The molecule has 0 saturated heterocycles. The third-order valence-electron chi connectivity index (χ3n) is 3.02. The topological polar surface area (TPSA) is 63.8 Å². The predicted octanol–water partition coefficient (Wildman–Crippen LogP) is 3.51. The van der Waals surface area contributed by atoms with Gasteiger partial charge in [0.1, 0.15) is 16.9 Å². The molecule has 4 rings (SSSR count). The number of benzene rings is 1. The minimum Gasteiger partial charge on any atom is -0.453 e. The minimum absolute atomic E-state index is 0.503. The van der Waals surface area contributed by atoms with E-state index in [2.05, 4.69) is 20.3 Å². The van der Waals surface area contributed by atoms with Crippen LogP contribution in [0, 0.1) is 0 Å². The van der Waals surface area contributed by atoms with E-state index in [1.807, 2.05) is 42.5 Å². The summed E-state index contributed by atoms with van der Waals surface area (Å²) < 4.78 is 5.69. The summed E-state index contributed by atoms with van der Waals surface area (Å²) in [6.07, 6.45) is 3.39. The molecule has 96 valence electrons. The third kappa shape index (κ3) is 1.76. The van der Waals surface area contributed by atoms with Crippen LogP contribution < -0.4 is 5.32 Å². The third-order valence-corrected chi connectivity index (χ3v) is 3.02. The molecule has 0 saturated carbocycles. The maximum atomic E-state index is 5.69. The van der Waals surface area contributed by atoms with Gasteiger partial charge in [0.15, 0.2) is 5.58 Å². The maximum Gasteiger partial charge on any atom is 0.229 e. The lowest BCUT2D eigenvalue weighted by Gasteiger charge is -2.02. The van der Waals surface area contributed by atoms with Crippen LogP contribution in [0.15, 0.2) is 59.3 Å². The zero-order valence-electron chi connectivity index (χ0n) is 10.4. The molecule has 0 spiro atoms. The Hall–Kier alpha value is -2.95. The number of fused-ring (bicyclic) bond motifs is 3. The molecule has 1 N–H and O–H groups in total. The molecule has 20 heavy (non-hydrogen) atoms. The van der Waals surface area contributed by atoms with Gasteiger partial charge in [0.2, 0.25) is 5.95 Å². The van der Waals surface area contributed by atoms with Crippen molar-refractivity contribution in [1.29, 1.82) is 0 Å². The second-order valence-electron chi connectivity index (χ2n) is 4.34. The van der Waals surface area contributed by atoms with Gasteiger partial charge in [-0.1, -0.05) is 18.2 Å². The summed E-state index contributed by atoms with van der Waals surface area (Å²) in [7, 11) is 0. The van der Waals surface area contributed by atoms with E-state index in [0.29, 0.717) is 17.3 Å². The van der Waals surface area contributed by atoms with Gasteiger partial charge in [-0.15, -0.1) is 0 Å². The number of nitrogens with one attached hydrogen (secondary N) is 1. The lowest BCUT2D eigenvalue weighted by atomic mass is 10.2. The molecule has 0 atom stereocenters. The Labute approximate surface area is 114 Å². The summed E-state index contributed by atoms with van der Waals surface area (Å²) >= 11 is 0. The number of anilines is 2. The highest BCUT2D eigenvalue weighted by Crippen LogP contribution is 2.27. The highest BCUT2D eigenvalue weighted by molar-refractivity contribution is 6.02. The van der Waals surface area contributed by atoms with E-state index >= 15 is 0 Å². The smallest absolute Gasteiger partial charge is 0.229 e. The first-order valence-electron chi connectivity index (χ1n) is 6.22. The molecule has 5 nitrogen and oxygen atoms in total. The lowest BCUT2D eigenvalue weighted by Crippen LogP contribution is -1.97. The molecule has 0 aliphatic carbocycles. The van der Waals surface area contributed by atoms with Crippen LogP contribution in [-0.4, -0.2) is 15.0 Å². The van der Waals surface area contributed by atoms with E-state index in [1.165, 1.54) is 0 Å². The fraction of sp³-hybridized carbons (Fsp3) is 0. The standard InChI is InChI=1S/C15H10N4O/c1-2-6-11-10(5-1)14-12(20-11)9-17-15(19-14)18-13-7-3-4-8-16-13/h1-9H,(H,16,17,18,19). The van der Waals surface area contributed by atoms with Crippen molar-refractivity contribution in [2.45, 2.75) is 0 Å². The molecule has 0 amide bonds. The van der Waals surface area contributed by atoms with Crippen molar-refractivity contribution in [3.63, 3.8) is 0 Å². The maximum absolute atomic E-state index is 5.69. The molecule has 4 aromatic rings. The van der Waals surface area contributed by atoms with Crippen molar-refractivity contribution in [2.24, 2.45) is 0 Å². The Morgan fingerprint density at radius 1 is 0.900 bits per heavy atom. The van der Waals surface area contributed by atoms with Gasteiger partial charge in [0.25, 0.3) is 0 Å². The quantitative estimate of drug-likeness (QED) is 0.598. The average molecular weight is 262 g/mol. The Morgan fingerprint density at radius 3 is 2.70 bits per heavy atom. The van der Waals surface area contributed by atoms with Crippen LogP contribution in [0.1, 0.15) is 0 Å². The second-order valence-corrected chi connectivity index (χ2v) is 4.34. The number of pyridine rings is 1. The molecule has 5 heteroatoms. The molecule has 0 aliphatic rings. The Balaban J connectivity index is 1.83. The molecule has 0 radical (unpaired) electrons. The molecule has 1 aromatic carbocycles. The van der Waals surface area contributed by atoms with Gasteiger partial charge >= 0.3 is 0 Å². The second kappa shape index (κ2) is 4.31. The summed E-state index contributed by atoms with van der Waals surface area (Å²) in [6, 6.07) is 13.4. The number of para-hydroxylation sites is 1. The normalized spacial score (nSPS) is 11.0. The monoisotopic (exact) mass is 262 g/mol. The van der Waals surface area contributed by atoms with Crippen LogP contribution in [0.3, 0.4) is 0 Å². The van der Waals surface area contributed by atoms with Crippen molar-refractivity contribution >= 4 is 33.8 Å². The number of rotatable bonds is 2. The molecular formula is C15H10N4O. The van der Waals surface area contributed by atoms with Crippen LogP contribution >= 0.6 is 0 Å². The number of aromatic nitrogens is 3. The van der Waals surface area contributed by atoms with Gasteiger partial charge < -0.3 is 9.73 Å². The highest BCUT2D eigenvalue weighted by atomic mass is 16.3. The highest BCUT2D eigenvalue weighted by Gasteiger charge is 2.09. The summed E-state index contributed by atoms with van der Waals surface area (Å²) in [6.45, 7) is 0. The lowest BCUT2D eigenvalue weighted by molar-refractivity contribution is 0.666. The fourth-order valence-electron chi connectivity index (χ4n) is 2.12. The molecule has 0 unspecified atom stereocenters. The van der Waals surface area contributed by atoms with Crippen molar-refractivity contribution in [3.8, 4) is 0 Å². The van der Waals surface area contributed by atoms with Crippen LogP contribution in [0.5, 0.6) is 0 Å². The van der Waals surface area contributed by atoms with Crippen molar-refractivity contribution < 1.29 is 4.42 Å². The van der Waals surface area contributed by atoms with E-state index in [-0.39, 0.29) is 0 Å². The molecule has 0 bridgehead atoms. The van der Waals surface area contributed by atoms with Crippen molar-refractivity contribution in [2.75, 3.05) is 5.32 Å². The van der Waals surface area contributed by atoms with Crippen LogP contribution in [0.4, 0.5) is 11.8 Å². The number of furan rings is 1. The molecule has 3 aromatic heterocycles. The molecular weight excluding hydrogens is 252 g/mol. The van der Waals surface area contributed by atoms with Gasteiger partial charge in [-0.2, -0.15) is 0 Å². The first-order valence-corrected chi connectivity index (χ1v) is 6.22. The van der Waals surface area contributed by atoms with Crippen LogP contribution in [0.2, 0.25) is 0 Å². The van der Waals surface area contributed by atoms with E-state index in [1.54, 1.807) is 12.4 Å². The number of hydrogen-bond acceptors (Lipinski definition) is 5. The van der Waals surface area contributed by atoms with E-state index in [4.69, 9.17) is 4.42 Å². The van der Waals surface area contributed by atoms with Crippen molar-refractivity contribution in [1.82, 2.24) is 15.0 Å². The summed E-state index contributed by atoms with van der Waals surface area (Å²) in [4.78, 5) is 12.9. The Morgan fingerprint density at radius 2 is 1.80 bits per heavy atom. The molecule has 0 fully saturated rings. The molecule has 3 heterocycles. The summed E-state index contributed by atoms with van der Waals surface area (Å²) in [5.74, 6) is 1.21. The van der Waals surface area contributed by atoms with E-state index in [9.17, 15) is 0 Å². The van der Waals surface area contributed by atoms with Gasteiger partial charge in [-0.25, -0.2) is 15.0 Å². The zero-order valence-corrected chi connectivity index (χ0v) is 10.4. The van der Waals surface area contributed by atoms with E-state index in [0.717, 1.165) is 16.5 Å². The summed E-state index contributed by atoms with van der Waals surface area (Å²) in [5, 5.41) is 4.06. The van der Waals surface area contributed by atoms with Gasteiger partial charge in [-0.3, -0.25) is 0 Å². The van der Waals surface area contributed by atoms with E-state index < -0.39 is 0 Å². The predicted molar refractivity (Wildman–Crippen MR) is 76.8 cm³/mol. The zero-order chi connectivity index (χ0) is 13.4. The van der Waals surface area contributed by atoms with Crippen LogP contribution in [-0.2, 0) is 0 Å². The SMILES string of the molecule is c1ccc(Nc2ncc3oc4ccccc4c3n2)nc1. The first kappa shape index (κ1) is 10.9. The summed E-state index contributed by atoms with van der Waals surface area (Å²) in [5.41, 5.74) is 2.29. The Kier molecular flexibility index (Phi) is 2.35. The van der Waals surface area contributed by atoms with Gasteiger partial charge in [0.05, 0.1) is 6.20 Å². The van der Waals surface area contributed by atoms with Crippen LogP contribution in [0.25, 0.3) is 22.1 Å². The first-order chi connectivity index (χ1) is 9.90. The van der Waals surface area contributed by atoms with Gasteiger partial charge in [-0.05, 0) is 24.3 Å². The largest absolute Gasteiger partial charge is 0.453 e. The Bertz CT molecular complexity index is 886. The van der Waals surface area contributed by atoms with Gasteiger partial charge in [0, 0.05) is 11.6 Å². The van der Waals surface area contributed by atoms with Crippen molar-refractivity contribution in [3.05, 3.63) is 54.9 Å². The number of nitrogens with zero attached hydrogens (tertiary/aromatic N) is 3. The number of hydrogen-bond donors (Lipinski definition) is 1. The average Bonchev–Trinajstić information content (AvgIpc) is 2.86.